The predicted octanol–water partition coefficient (Wildman–Crippen LogP) is 2.84. The van der Waals surface area contributed by atoms with Crippen LogP contribution in [0.25, 0.3) is 11.2 Å². The normalized spacial score (nSPS) is 17.0. The molecule has 0 aliphatic carbocycles. The third-order valence-electron chi connectivity index (χ3n) is 4.80. The van der Waals surface area contributed by atoms with Crippen LogP contribution in [0.4, 0.5) is 15.0 Å². The second kappa shape index (κ2) is 7.75. The van der Waals surface area contributed by atoms with Gasteiger partial charge in [0.05, 0.1) is 24.6 Å². The maximum absolute atomic E-state index is 14.0. The number of carbonyl (C=O) groups is 1. The lowest BCUT2D eigenvalue weighted by atomic mass is 10.0. The van der Waals surface area contributed by atoms with Gasteiger partial charge < -0.3 is 20.3 Å². The summed E-state index contributed by atoms with van der Waals surface area (Å²) >= 11 is 0. The monoisotopic (exact) mass is 394 g/mol. The second-order valence-corrected chi connectivity index (χ2v) is 6.82. The van der Waals surface area contributed by atoms with Gasteiger partial charge in [0.15, 0.2) is 5.65 Å². The number of rotatable bonds is 3. The number of hydrogen-bond donors (Lipinski definition) is 3. The van der Waals surface area contributed by atoms with Crippen molar-refractivity contribution < 1.29 is 14.3 Å². The number of nitrogens with one attached hydrogen (secondary N) is 2. The van der Waals surface area contributed by atoms with E-state index in [-0.39, 0.29) is 6.04 Å². The Bertz CT molecular complexity index is 1120. The topological polar surface area (TPSA) is 107 Å². The van der Waals surface area contributed by atoms with Crippen LogP contribution in [0.5, 0.6) is 0 Å². The molecule has 1 fully saturated rings. The molecule has 2 atom stereocenters. The van der Waals surface area contributed by atoms with Crippen molar-refractivity contribution in [2.24, 2.45) is 0 Å². The molecular weight excluding hydrogens is 375 g/mol. The Morgan fingerprint density at radius 2 is 2.31 bits per heavy atom. The van der Waals surface area contributed by atoms with E-state index in [9.17, 15) is 9.18 Å². The van der Waals surface area contributed by atoms with E-state index in [1.54, 1.807) is 13.3 Å². The molecule has 1 aliphatic heterocycles. The fourth-order valence-electron chi connectivity index (χ4n) is 3.55. The van der Waals surface area contributed by atoms with E-state index in [1.165, 1.54) is 6.07 Å². The van der Waals surface area contributed by atoms with Crippen molar-refractivity contribution >= 4 is 23.1 Å². The van der Waals surface area contributed by atoms with E-state index in [4.69, 9.17) is 5.11 Å². The molecule has 3 aromatic rings. The fourth-order valence-corrected chi connectivity index (χ4v) is 3.55. The zero-order chi connectivity index (χ0) is 20.4. The van der Waals surface area contributed by atoms with E-state index in [1.807, 2.05) is 12.1 Å². The molecule has 0 aromatic carbocycles. The number of pyridine rings is 2. The summed E-state index contributed by atoms with van der Waals surface area (Å²) in [5.74, 6) is 6.05. The van der Waals surface area contributed by atoms with Gasteiger partial charge in [-0.15, -0.1) is 0 Å². The molecule has 9 heteroatoms. The molecule has 148 valence electrons. The highest BCUT2D eigenvalue weighted by Crippen LogP contribution is 2.36. The average Bonchev–Trinajstić information content (AvgIpc) is 3.35. The van der Waals surface area contributed by atoms with Crippen LogP contribution in [0.2, 0.25) is 0 Å². The van der Waals surface area contributed by atoms with Gasteiger partial charge >= 0.3 is 6.09 Å². The molecule has 1 saturated heterocycles. The lowest BCUT2D eigenvalue weighted by Crippen LogP contribution is -2.29. The Morgan fingerprint density at radius 1 is 1.45 bits per heavy atom. The molecule has 0 spiro atoms. The molecule has 3 N–H and O–H groups in total. The van der Waals surface area contributed by atoms with Crippen LogP contribution < -0.4 is 10.2 Å². The van der Waals surface area contributed by atoms with Gasteiger partial charge in [0.2, 0.25) is 0 Å². The van der Waals surface area contributed by atoms with Crippen LogP contribution in [-0.2, 0) is 0 Å². The van der Waals surface area contributed by atoms with Crippen molar-refractivity contribution in [1.82, 2.24) is 25.3 Å². The van der Waals surface area contributed by atoms with Crippen molar-refractivity contribution in [1.29, 1.82) is 0 Å². The summed E-state index contributed by atoms with van der Waals surface area (Å²) in [7, 11) is 0. The van der Waals surface area contributed by atoms with Crippen LogP contribution in [0.1, 0.15) is 37.1 Å². The predicted molar refractivity (Wildman–Crippen MR) is 105 cm³/mol. The van der Waals surface area contributed by atoms with Gasteiger partial charge in [0, 0.05) is 12.1 Å². The van der Waals surface area contributed by atoms with Gasteiger partial charge in [-0.25, -0.2) is 24.1 Å². The standard InChI is InChI=1S/C20H19FN6O2/c1-12(25-20(28)29)4-5-15-14(9-13(21)10-22-15)17-3-2-8-27(17)18-7-6-16-19(26-18)24-11-23-16/h6-7,9-12,17,25H,2-3,8H2,1H3,(H,28,29)(H,23,24,26). The van der Waals surface area contributed by atoms with Crippen molar-refractivity contribution in [3.63, 3.8) is 0 Å². The molecule has 1 aliphatic rings. The quantitative estimate of drug-likeness (QED) is 0.590. The van der Waals surface area contributed by atoms with E-state index >= 15 is 0 Å². The van der Waals surface area contributed by atoms with Crippen molar-refractivity contribution in [3.05, 3.63) is 47.8 Å². The van der Waals surface area contributed by atoms with Crippen molar-refractivity contribution in [2.75, 3.05) is 11.4 Å². The van der Waals surface area contributed by atoms with Gasteiger partial charge in [-0.3, -0.25) is 0 Å². The summed E-state index contributed by atoms with van der Waals surface area (Å²) in [5.41, 5.74) is 2.58. The number of H-pyrrole nitrogens is 1. The molecule has 1 amide bonds. The Hall–Kier alpha value is -3.67. The number of aromatic amines is 1. The lowest BCUT2D eigenvalue weighted by molar-refractivity contribution is 0.193. The minimum Gasteiger partial charge on any atom is -0.465 e. The largest absolute Gasteiger partial charge is 0.465 e. The molecule has 2 unspecified atom stereocenters. The van der Waals surface area contributed by atoms with Crippen molar-refractivity contribution in [3.8, 4) is 11.8 Å². The van der Waals surface area contributed by atoms with E-state index in [0.717, 1.165) is 36.9 Å². The smallest absolute Gasteiger partial charge is 0.405 e. The average molecular weight is 394 g/mol. The molecule has 8 nitrogen and oxygen atoms in total. The van der Waals surface area contributed by atoms with E-state index in [0.29, 0.717) is 16.9 Å². The number of imidazole rings is 1. The fraction of sp³-hybridized carbons (Fsp3) is 0.300. The van der Waals surface area contributed by atoms with Crippen LogP contribution in [0, 0.1) is 17.7 Å². The van der Waals surface area contributed by atoms with E-state index in [2.05, 4.69) is 42.0 Å². The molecule has 0 radical (unpaired) electrons. The maximum atomic E-state index is 14.0. The number of nitrogens with zero attached hydrogens (tertiary/aromatic N) is 4. The summed E-state index contributed by atoms with van der Waals surface area (Å²) in [6.45, 7) is 2.41. The summed E-state index contributed by atoms with van der Waals surface area (Å²) in [5, 5.41) is 11.1. The number of aromatic nitrogens is 4. The first-order valence-corrected chi connectivity index (χ1v) is 9.24. The van der Waals surface area contributed by atoms with Crippen LogP contribution in [-0.4, -0.2) is 43.7 Å². The molecule has 3 aromatic heterocycles. The first kappa shape index (κ1) is 18.7. The summed E-state index contributed by atoms with van der Waals surface area (Å²) < 4.78 is 14.0. The Balaban J connectivity index is 1.68. The Morgan fingerprint density at radius 3 is 3.14 bits per heavy atom. The zero-order valence-electron chi connectivity index (χ0n) is 15.7. The van der Waals surface area contributed by atoms with Gasteiger partial charge in [-0.1, -0.05) is 5.92 Å². The Labute approximate surface area is 166 Å². The molecule has 29 heavy (non-hydrogen) atoms. The molecule has 4 heterocycles. The van der Waals surface area contributed by atoms with Crippen LogP contribution in [0.3, 0.4) is 0 Å². The zero-order valence-corrected chi connectivity index (χ0v) is 15.7. The third kappa shape index (κ3) is 3.96. The lowest BCUT2D eigenvalue weighted by Gasteiger charge is -2.26. The number of fused-ring (bicyclic) bond motifs is 1. The van der Waals surface area contributed by atoms with Gasteiger partial charge in [-0.05, 0) is 43.9 Å². The molecular formula is C20H19FN6O2. The highest BCUT2D eigenvalue weighted by molar-refractivity contribution is 5.72. The Kier molecular flexibility index (Phi) is 4.99. The van der Waals surface area contributed by atoms with Gasteiger partial charge in [-0.2, -0.15) is 0 Å². The molecule has 4 rings (SSSR count). The first-order chi connectivity index (χ1) is 14.0. The minimum atomic E-state index is -1.15. The summed E-state index contributed by atoms with van der Waals surface area (Å²) in [4.78, 5) is 28.9. The number of hydrogen-bond acceptors (Lipinski definition) is 5. The van der Waals surface area contributed by atoms with Gasteiger partial charge in [0.1, 0.15) is 22.8 Å². The summed E-state index contributed by atoms with van der Waals surface area (Å²) in [6.07, 6.45) is 3.30. The second-order valence-electron chi connectivity index (χ2n) is 6.82. The maximum Gasteiger partial charge on any atom is 0.405 e. The highest BCUT2D eigenvalue weighted by atomic mass is 19.1. The highest BCUT2D eigenvalue weighted by Gasteiger charge is 2.30. The summed E-state index contributed by atoms with van der Waals surface area (Å²) in [6, 6.07) is 4.55. The molecule has 0 bridgehead atoms. The number of carboxylic acid groups (broad SMARTS) is 1. The molecule has 0 saturated carbocycles. The van der Waals surface area contributed by atoms with Crippen LogP contribution >= 0.6 is 0 Å². The third-order valence-corrected chi connectivity index (χ3v) is 4.80. The SMILES string of the molecule is CC(C#Cc1ncc(F)cc1C1CCCN1c1ccc2nc[nH]c2n1)NC(=O)O. The number of anilines is 1. The van der Waals surface area contributed by atoms with Crippen LogP contribution in [0.15, 0.2) is 30.7 Å². The number of amides is 1. The minimum absolute atomic E-state index is 0.127. The number of halogens is 1. The van der Waals surface area contributed by atoms with E-state index < -0.39 is 18.0 Å². The van der Waals surface area contributed by atoms with Crippen molar-refractivity contribution in [2.45, 2.75) is 31.8 Å². The van der Waals surface area contributed by atoms with Gasteiger partial charge in [0.25, 0.3) is 0 Å². The first-order valence-electron chi connectivity index (χ1n) is 9.24.